The first-order chi connectivity index (χ1) is 53.4. The number of likely N-dealkylation sites (tertiary alicyclic amines) is 1. The molecule has 3 unspecified atom stereocenters. The number of imide groups is 2. The maximum atomic E-state index is 14.2. The van der Waals surface area contributed by atoms with Crippen molar-refractivity contribution >= 4 is 115 Å². The third-order valence-corrected chi connectivity index (χ3v) is 22.4. The van der Waals surface area contributed by atoms with Crippen LogP contribution in [0.25, 0.3) is 33.1 Å². The van der Waals surface area contributed by atoms with E-state index in [9.17, 15) is 62.8 Å². The van der Waals surface area contributed by atoms with Gasteiger partial charge in [0.05, 0.1) is 65.3 Å². The van der Waals surface area contributed by atoms with E-state index in [4.69, 9.17) is 4.74 Å². The number of fused-ring (bicyclic) bond motifs is 3. The largest absolute Gasteiger partial charge is 0.439 e. The molecule has 0 radical (unpaired) electrons. The van der Waals surface area contributed by atoms with Gasteiger partial charge in [0.15, 0.2) is 0 Å². The third kappa shape index (κ3) is 18.2. The molecule has 14 rings (SSSR count). The summed E-state index contributed by atoms with van der Waals surface area (Å²) in [6.07, 6.45) is 7.25. The zero-order chi connectivity index (χ0) is 79.3. The van der Waals surface area contributed by atoms with Gasteiger partial charge >= 0.3 is 11.8 Å². The summed E-state index contributed by atoms with van der Waals surface area (Å²) in [5.41, 5.74) is 6.99. The van der Waals surface area contributed by atoms with E-state index >= 15 is 0 Å². The van der Waals surface area contributed by atoms with Crippen molar-refractivity contribution in [2.24, 2.45) is 18.9 Å². The summed E-state index contributed by atoms with van der Waals surface area (Å²) in [4.78, 5) is 157. The van der Waals surface area contributed by atoms with E-state index in [2.05, 4.69) is 47.6 Å². The number of carbonyl (C=O) groups excluding carboxylic acids is 11. The summed E-state index contributed by atoms with van der Waals surface area (Å²) in [6, 6.07) is 41.2. The van der Waals surface area contributed by atoms with E-state index in [-0.39, 0.29) is 103 Å². The number of hydrogen-bond acceptors (Lipinski definition) is 19. The first kappa shape index (κ1) is 80.4. The zero-order valence-electron chi connectivity index (χ0n) is 63.4. The van der Waals surface area contributed by atoms with Crippen LogP contribution in [0.4, 0.5) is 21.2 Å². The molecule has 4 saturated heterocycles. The van der Waals surface area contributed by atoms with Crippen LogP contribution in [0.5, 0.6) is 0 Å². The summed E-state index contributed by atoms with van der Waals surface area (Å²) >= 11 is 1.14. The number of amides is 10. The quantitative estimate of drug-likeness (QED) is 0.0464. The number of likely N-dealkylation sites (N-methyl/N-ethyl adjacent to an activating group) is 2. The van der Waals surface area contributed by atoms with E-state index in [1.165, 1.54) is 32.3 Å². The number of carbonyl (C=O) groups is 11. The van der Waals surface area contributed by atoms with E-state index in [0.717, 1.165) is 82.2 Å². The fourth-order valence-corrected chi connectivity index (χ4v) is 15.9. The molecule has 111 heavy (non-hydrogen) atoms. The van der Waals surface area contributed by atoms with E-state index in [1.54, 1.807) is 69.1 Å². The lowest BCUT2D eigenvalue weighted by atomic mass is 9.76. The third-order valence-electron chi connectivity index (χ3n) is 21.7. The number of aromatic nitrogens is 4. The van der Waals surface area contributed by atoms with Crippen LogP contribution in [0, 0.1) is 30.1 Å². The summed E-state index contributed by atoms with van der Waals surface area (Å²) < 4.78 is 12.3. The van der Waals surface area contributed by atoms with Crippen LogP contribution in [0.3, 0.4) is 0 Å². The normalized spacial score (nSPS) is 20.6. The maximum absolute atomic E-state index is 14.2. The van der Waals surface area contributed by atoms with Crippen LogP contribution in [0.15, 0.2) is 144 Å². The number of para-hydroxylation sites is 2. The first-order valence-electron chi connectivity index (χ1n) is 37.6. The molecule has 28 nitrogen and oxygen atoms in total. The molecule has 6 aromatic carbocycles. The highest BCUT2D eigenvalue weighted by Gasteiger charge is 2.46. The molecule has 1 aliphatic carbocycles. The van der Waals surface area contributed by atoms with Crippen LogP contribution in [0.1, 0.15) is 139 Å². The monoisotopic (exact) mass is 1530 g/mol. The fourth-order valence-electron chi connectivity index (χ4n) is 15.3. The van der Waals surface area contributed by atoms with Crippen molar-refractivity contribution in [1.82, 2.24) is 55.1 Å². The number of nitrogens with zero attached hydrogens (tertiary/aromatic N) is 9. The van der Waals surface area contributed by atoms with Crippen molar-refractivity contribution < 1.29 is 57.5 Å². The zero-order valence-corrected chi connectivity index (χ0v) is 64.2. The van der Waals surface area contributed by atoms with Gasteiger partial charge < -0.3 is 40.7 Å². The highest BCUT2D eigenvalue weighted by Crippen LogP contribution is 2.40. The number of cyclic esters (lactones) is 1. The molecule has 6 N–H and O–H groups in total. The Morgan fingerprint density at radius 2 is 1.36 bits per heavy atom. The average Bonchev–Trinajstić information content (AvgIpc) is 1.58. The molecule has 7 heterocycles. The van der Waals surface area contributed by atoms with Crippen LogP contribution >= 0.6 is 11.5 Å². The van der Waals surface area contributed by atoms with Gasteiger partial charge in [0.1, 0.15) is 46.7 Å². The van der Waals surface area contributed by atoms with Gasteiger partial charge in [-0.2, -0.15) is 5.26 Å². The summed E-state index contributed by atoms with van der Waals surface area (Å²) in [5, 5.41) is 32.7. The number of aryl methyl sites for hydroxylation is 2. The van der Waals surface area contributed by atoms with Crippen molar-refractivity contribution in [2.45, 2.75) is 167 Å². The van der Waals surface area contributed by atoms with Crippen molar-refractivity contribution in [2.75, 3.05) is 42.3 Å². The predicted octanol–water partition coefficient (Wildman–Crippen LogP) is 8.60. The predicted molar refractivity (Wildman–Crippen MR) is 418 cm³/mol. The topological polar surface area (TPSA) is 359 Å². The minimum atomic E-state index is -1.000. The molecular formula is C82H93N15O13S. The smallest absolute Gasteiger partial charge is 0.411 e. The Morgan fingerprint density at radius 3 is 2.02 bits per heavy atom. The van der Waals surface area contributed by atoms with Gasteiger partial charge in [-0.25, -0.2) is 9.59 Å². The van der Waals surface area contributed by atoms with E-state index < -0.39 is 54.2 Å². The number of anilines is 3. The SMILES string of the molecule is CN[C@@H](C)C(=O)C[C@H](C(=O)N1CCC[C@H]1C(=O)Nc1snnc1-c1ccccc1)C1CCCCC1.CN[C@@H](C)C(=O)NC1C(=O)N(Cc2c(C)ccc3ccccc23)c2ccc(C#N)cc2N(C(C)=O)[C@H]1C.Cn1c(=O)n(C2CCC(=O)NC2=O)c2ccccc21.O=C1CCC(N2C[C@H](c3ccccc3)OC2=O)C(=O)N1. The van der Waals surface area contributed by atoms with Gasteiger partial charge in [-0.05, 0) is 144 Å². The number of nitriles is 1. The Labute approximate surface area is 646 Å². The Hall–Kier alpha value is -11.6. The second-order valence-electron chi connectivity index (χ2n) is 28.7. The average molecular weight is 1530 g/mol. The molecule has 2 aromatic heterocycles. The molecule has 5 aliphatic heterocycles. The molecule has 1 saturated carbocycles. The first-order valence-corrected chi connectivity index (χ1v) is 38.3. The van der Waals surface area contributed by atoms with Crippen molar-refractivity contribution in [3.05, 3.63) is 172 Å². The molecule has 5 fully saturated rings. The van der Waals surface area contributed by atoms with Crippen LogP contribution in [-0.4, -0.2) is 157 Å². The standard InChI is InChI=1S/C29H31N5O3.C26H35N5O3S.C14H14N2O4.C13H13N3O3/c1-17-10-12-22-8-6-7-9-23(22)24(17)16-33-25-13-11-21(15-30)14-26(25)34(20(4)35)19(3)27(29(33)37)32-28(36)18(2)31-5;1-17(27-2)22(32)16-20(18-10-5-3-6-11-18)26(34)31-15-9-14-21(31)24(33)28-25-23(29-30-35-25)19-12-7-4-8-13-19;17-12-7-6-10(13(18)15-12)16-8-11(20-14(16)19)9-4-2-1-3-5-9;1-15-8-4-2-3-5-9(8)16(13(15)19)10-6-7-11(17)14-12(10)18/h6-14,18-19,27,31H,16H2,1-5H3,(H,32,36);4,7-8,12-13,17-18,20-21,27H,3,5-6,9-11,14-16H2,1-2H3,(H,28,33);1-5,10-11H,6-8H2,(H,15,17,18);2-5,10H,6-7H2,1H3,(H,14,17,18)/t18-,19-,27?;17-,20-,21-;10?,11-;/m001./s1. The van der Waals surface area contributed by atoms with Gasteiger partial charge in [-0.1, -0.05) is 133 Å². The van der Waals surface area contributed by atoms with Gasteiger partial charge in [0.25, 0.3) is 5.91 Å². The molecule has 6 aliphatic rings. The minimum Gasteiger partial charge on any atom is -0.439 e. The van der Waals surface area contributed by atoms with Crippen molar-refractivity contribution in [1.29, 1.82) is 5.26 Å². The van der Waals surface area contributed by atoms with Gasteiger partial charge in [0, 0.05) is 62.8 Å². The maximum Gasteiger partial charge on any atom is 0.411 e. The summed E-state index contributed by atoms with van der Waals surface area (Å²) in [6.45, 7) is 9.81. The van der Waals surface area contributed by atoms with Gasteiger partial charge in [-0.3, -0.25) is 72.6 Å². The number of rotatable bonds is 17. The summed E-state index contributed by atoms with van der Waals surface area (Å²) in [7, 11) is 5.10. The lowest BCUT2D eigenvalue weighted by Crippen LogP contribution is -2.59. The second kappa shape index (κ2) is 36.3. The number of ketones is 1. The summed E-state index contributed by atoms with van der Waals surface area (Å²) in [5.74, 6) is -2.74. The number of ether oxygens (including phenoxy) is 1. The highest BCUT2D eigenvalue weighted by atomic mass is 32.1. The Morgan fingerprint density at radius 1 is 0.721 bits per heavy atom. The molecule has 580 valence electrons. The molecule has 0 bridgehead atoms. The lowest BCUT2D eigenvalue weighted by molar-refractivity contribution is -0.144. The fraction of sp³-hybridized carbons (Fsp3) is 0.402. The lowest BCUT2D eigenvalue weighted by Gasteiger charge is -2.34. The number of nitrogens with one attached hydrogen (secondary N) is 6. The number of piperidine rings is 2. The number of Topliss-reactive ketones (excluding diaryl/α,β-unsaturated/α-hetero) is 1. The molecule has 10 amide bonds. The van der Waals surface area contributed by atoms with Gasteiger partial charge in [0.2, 0.25) is 47.3 Å². The minimum absolute atomic E-state index is 0.0445. The molecule has 29 heteroatoms. The Balaban J connectivity index is 0.000000152. The number of imidazole rings is 1. The molecule has 9 atom stereocenters. The van der Waals surface area contributed by atoms with Crippen LogP contribution in [0.2, 0.25) is 0 Å². The highest BCUT2D eigenvalue weighted by molar-refractivity contribution is 7.10. The van der Waals surface area contributed by atoms with Crippen molar-refractivity contribution in [3.63, 3.8) is 0 Å². The van der Waals surface area contributed by atoms with E-state index in [1.807, 2.05) is 129 Å². The Bertz CT molecular complexity index is 4940. The Kier molecular flexibility index (Phi) is 26.3. The number of benzene rings is 6. The van der Waals surface area contributed by atoms with E-state index in [0.29, 0.717) is 65.5 Å². The van der Waals surface area contributed by atoms with Crippen LogP contribution in [-0.2, 0) is 66.3 Å². The number of hydrogen-bond donors (Lipinski definition) is 6. The second-order valence-corrected chi connectivity index (χ2v) is 29.5. The van der Waals surface area contributed by atoms with Gasteiger partial charge in [-0.15, -0.1) is 5.10 Å². The molecule has 0 spiro atoms. The molecular weight excluding hydrogens is 1440 g/mol. The van der Waals surface area contributed by atoms with Crippen LogP contribution < -0.4 is 47.4 Å². The van der Waals surface area contributed by atoms with Crippen molar-refractivity contribution in [3.8, 4) is 17.3 Å². The molecule has 8 aromatic rings.